The van der Waals surface area contributed by atoms with Crippen molar-refractivity contribution in [1.82, 2.24) is 10.2 Å². The summed E-state index contributed by atoms with van der Waals surface area (Å²) >= 11 is 0. The second-order valence-electron chi connectivity index (χ2n) is 4.69. The van der Waals surface area contributed by atoms with E-state index in [0.29, 0.717) is 12.0 Å². The molecule has 0 radical (unpaired) electrons. The molecule has 0 aromatic heterocycles. The van der Waals surface area contributed by atoms with Gasteiger partial charge in [0, 0.05) is 32.2 Å². The number of amides is 2. The molecule has 4 nitrogen and oxygen atoms in total. The van der Waals surface area contributed by atoms with Crippen LogP contribution in [0.4, 0.5) is 4.79 Å². The van der Waals surface area contributed by atoms with Gasteiger partial charge in [-0.2, -0.15) is 0 Å². The first-order chi connectivity index (χ1) is 7.25. The highest BCUT2D eigenvalue weighted by molar-refractivity contribution is 5.74. The third-order valence-electron chi connectivity index (χ3n) is 3.04. The Morgan fingerprint density at radius 2 is 2.27 bits per heavy atom. The first-order valence-corrected chi connectivity index (χ1v) is 5.85. The average Bonchev–Trinajstić information content (AvgIpc) is 3.03. The quantitative estimate of drug-likeness (QED) is 0.764. The fourth-order valence-electron chi connectivity index (χ4n) is 1.93. The molecule has 4 heteroatoms. The van der Waals surface area contributed by atoms with Gasteiger partial charge < -0.3 is 15.0 Å². The molecule has 2 rings (SSSR count). The molecule has 1 aliphatic carbocycles. The number of ether oxygens (including phenoxy) is 1. The topological polar surface area (TPSA) is 41.6 Å². The predicted octanol–water partition coefficient (Wildman–Crippen LogP) is 1.22. The van der Waals surface area contributed by atoms with Crippen molar-refractivity contribution in [2.24, 2.45) is 5.92 Å². The Balaban J connectivity index is 1.69. The second-order valence-corrected chi connectivity index (χ2v) is 4.69. The van der Waals surface area contributed by atoms with E-state index < -0.39 is 0 Å². The number of carbonyl (C=O) groups excluding carboxylic acids is 1. The van der Waals surface area contributed by atoms with Crippen LogP contribution in [0.25, 0.3) is 0 Å². The van der Waals surface area contributed by atoms with Crippen molar-refractivity contribution in [3.8, 4) is 0 Å². The van der Waals surface area contributed by atoms with Gasteiger partial charge in [-0.15, -0.1) is 0 Å². The van der Waals surface area contributed by atoms with Crippen molar-refractivity contribution < 1.29 is 9.53 Å². The molecule has 0 bridgehead atoms. The SMILES string of the molecule is CN(CC1CCCOC1)C(=O)NC1CC1. The summed E-state index contributed by atoms with van der Waals surface area (Å²) in [5.74, 6) is 0.522. The van der Waals surface area contributed by atoms with Gasteiger partial charge in [0.05, 0.1) is 6.61 Å². The van der Waals surface area contributed by atoms with Crippen LogP contribution < -0.4 is 5.32 Å². The molecule has 1 saturated carbocycles. The maximum absolute atomic E-state index is 11.6. The molecule has 0 aromatic carbocycles. The van der Waals surface area contributed by atoms with Gasteiger partial charge in [0.2, 0.25) is 0 Å². The van der Waals surface area contributed by atoms with Crippen molar-refractivity contribution in [3.05, 3.63) is 0 Å². The molecule has 86 valence electrons. The summed E-state index contributed by atoms with van der Waals surface area (Å²) in [6.07, 6.45) is 4.60. The van der Waals surface area contributed by atoms with Gasteiger partial charge in [-0.05, 0) is 25.7 Å². The minimum Gasteiger partial charge on any atom is -0.381 e. The molecule has 1 aliphatic heterocycles. The van der Waals surface area contributed by atoms with Crippen LogP contribution in [0.5, 0.6) is 0 Å². The Bertz CT molecular complexity index is 223. The van der Waals surface area contributed by atoms with E-state index in [1.54, 1.807) is 4.90 Å². The number of rotatable bonds is 3. The maximum atomic E-state index is 11.6. The van der Waals surface area contributed by atoms with Crippen molar-refractivity contribution in [2.75, 3.05) is 26.8 Å². The molecule has 1 heterocycles. The summed E-state index contributed by atoms with van der Waals surface area (Å²) in [7, 11) is 1.87. The van der Waals surface area contributed by atoms with Gasteiger partial charge in [-0.25, -0.2) is 4.79 Å². The normalized spacial score (nSPS) is 26.1. The van der Waals surface area contributed by atoms with E-state index in [4.69, 9.17) is 4.74 Å². The molecule has 1 N–H and O–H groups in total. The molecule has 2 amide bonds. The van der Waals surface area contributed by atoms with Crippen LogP contribution in [-0.2, 0) is 4.74 Å². The largest absolute Gasteiger partial charge is 0.381 e. The number of hydrogen-bond donors (Lipinski definition) is 1. The monoisotopic (exact) mass is 212 g/mol. The predicted molar refractivity (Wildman–Crippen MR) is 57.7 cm³/mol. The Kier molecular flexibility index (Phi) is 3.46. The van der Waals surface area contributed by atoms with Gasteiger partial charge in [-0.3, -0.25) is 0 Å². The lowest BCUT2D eigenvalue weighted by molar-refractivity contribution is 0.0457. The fraction of sp³-hybridized carbons (Fsp3) is 0.909. The number of carbonyl (C=O) groups is 1. The van der Waals surface area contributed by atoms with Gasteiger partial charge in [0.15, 0.2) is 0 Å². The Hall–Kier alpha value is -0.770. The fourth-order valence-corrected chi connectivity index (χ4v) is 1.93. The molecule has 0 aromatic rings. The first-order valence-electron chi connectivity index (χ1n) is 5.85. The van der Waals surface area contributed by atoms with E-state index in [9.17, 15) is 4.79 Å². The van der Waals surface area contributed by atoms with Gasteiger partial charge in [0.25, 0.3) is 0 Å². The molecule has 1 unspecified atom stereocenters. The highest BCUT2D eigenvalue weighted by atomic mass is 16.5. The summed E-state index contributed by atoms with van der Waals surface area (Å²) in [6.45, 7) is 2.51. The van der Waals surface area contributed by atoms with Crippen LogP contribution in [0.3, 0.4) is 0 Å². The molecule has 0 spiro atoms. The summed E-state index contributed by atoms with van der Waals surface area (Å²) < 4.78 is 5.40. The summed E-state index contributed by atoms with van der Waals surface area (Å²) in [5, 5.41) is 2.99. The number of nitrogens with zero attached hydrogens (tertiary/aromatic N) is 1. The zero-order chi connectivity index (χ0) is 10.7. The zero-order valence-electron chi connectivity index (χ0n) is 9.37. The van der Waals surface area contributed by atoms with Crippen LogP contribution in [0.15, 0.2) is 0 Å². The van der Waals surface area contributed by atoms with Crippen LogP contribution in [0, 0.1) is 5.92 Å². The van der Waals surface area contributed by atoms with E-state index in [1.807, 2.05) is 7.05 Å². The number of hydrogen-bond acceptors (Lipinski definition) is 2. The minimum atomic E-state index is 0.0723. The van der Waals surface area contributed by atoms with E-state index in [-0.39, 0.29) is 6.03 Å². The van der Waals surface area contributed by atoms with Crippen LogP contribution in [0.1, 0.15) is 25.7 Å². The lowest BCUT2D eigenvalue weighted by Crippen LogP contribution is -2.42. The lowest BCUT2D eigenvalue weighted by atomic mass is 10.0. The molecular weight excluding hydrogens is 192 g/mol. The lowest BCUT2D eigenvalue weighted by Gasteiger charge is -2.27. The van der Waals surface area contributed by atoms with E-state index in [1.165, 1.54) is 6.42 Å². The van der Waals surface area contributed by atoms with Gasteiger partial charge >= 0.3 is 6.03 Å². The molecule has 1 atom stereocenters. The maximum Gasteiger partial charge on any atom is 0.317 e. The third-order valence-corrected chi connectivity index (χ3v) is 3.04. The second kappa shape index (κ2) is 4.84. The first kappa shape index (κ1) is 10.7. The minimum absolute atomic E-state index is 0.0723. The molecule has 2 aliphatic rings. The summed E-state index contributed by atoms with van der Waals surface area (Å²) in [4.78, 5) is 13.4. The molecule has 2 fully saturated rings. The Labute approximate surface area is 91.0 Å². The Morgan fingerprint density at radius 1 is 1.47 bits per heavy atom. The summed E-state index contributed by atoms with van der Waals surface area (Å²) in [6, 6.07) is 0.519. The molecule has 1 saturated heterocycles. The number of urea groups is 1. The standard InChI is InChI=1S/C11H20N2O2/c1-13(11(14)12-10-4-5-10)7-9-3-2-6-15-8-9/h9-10H,2-8H2,1H3,(H,12,14). The van der Waals surface area contributed by atoms with Crippen LogP contribution in [0.2, 0.25) is 0 Å². The highest BCUT2D eigenvalue weighted by Crippen LogP contribution is 2.19. The zero-order valence-corrected chi connectivity index (χ0v) is 9.37. The van der Waals surface area contributed by atoms with E-state index in [0.717, 1.165) is 39.0 Å². The smallest absolute Gasteiger partial charge is 0.317 e. The van der Waals surface area contributed by atoms with Crippen LogP contribution in [-0.4, -0.2) is 43.8 Å². The number of nitrogens with one attached hydrogen (secondary N) is 1. The Morgan fingerprint density at radius 3 is 2.87 bits per heavy atom. The summed E-state index contributed by atoms with van der Waals surface area (Å²) in [5.41, 5.74) is 0. The average molecular weight is 212 g/mol. The van der Waals surface area contributed by atoms with Gasteiger partial charge in [-0.1, -0.05) is 0 Å². The molecule has 15 heavy (non-hydrogen) atoms. The van der Waals surface area contributed by atoms with Gasteiger partial charge in [0.1, 0.15) is 0 Å². The van der Waals surface area contributed by atoms with Crippen molar-refractivity contribution in [2.45, 2.75) is 31.7 Å². The third kappa shape index (κ3) is 3.38. The van der Waals surface area contributed by atoms with Crippen molar-refractivity contribution >= 4 is 6.03 Å². The van der Waals surface area contributed by atoms with Crippen molar-refractivity contribution in [3.63, 3.8) is 0 Å². The van der Waals surface area contributed by atoms with E-state index >= 15 is 0 Å². The van der Waals surface area contributed by atoms with E-state index in [2.05, 4.69) is 5.32 Å². The highest BCUT2D eigenvalue weighted by Gasteiger charge is 2.25. The molecular formula is C11H20N2O2. The van der Waals surface area contributed by atoms with Crippen molar-refractivity contribution in [1.29, 1.82) is 0 Å². The van der Waals surface area contributed by atoms with Crippen LogP contribution >= 0.6 is 0 Å².